The number of nitro groups is 1. The highest BCUT2D eigenvalue weighted by molar-refractivity contribution is 7.89. The molecule has 2 heterocycles. The van der Waals surface area contributed by atoms with E-state index in [0.29, 0.717) is 41.9 Å². The van der Waals surface area contributed by atoms with Crippen molar-refractivity contribution in [3.8, 4) is 0 Å². The Morgan fingerprint density at radius 2 is 1.40 bits per heavy atom. The molecule has 0 radical (unpaired) electrons. The van der Waals surface area contributed by atoms with Crippen molar-refractivity contribution in [1.82, 2.24) is 13.9 Å². The number of halogens is 2. The van der Waals surface area contributed by atoms with Crippen molar-refractivity contribution in [3.05, 3.63) is 134 Å². The Hall–Kier alpha value is -3.76. The van der Waals surface area contributed by atoms with Gasteiger partial charge in [-0.2, -0.15) is 4.31 Å². The van der Waals surface area contributed by atoms with Crippen molar-refractivity contribution in [2.75, 3.05) is 13.1 Å². The minimum Gasteiger partial charge on any atom is -0.325 e. The summed E-state index contributed by atoms with van der Waals surface area (Å²) >= 11 is 12.5. The minimum atomic E-state index is -3.87. The number of benzene rings is 4. The maximum atomic E-state index is 13.5. The van der Waals surface area contributed by atoms with Crippen LogP contribution in [0.5, 0.6) is 0 Å². The Morgan fingerprint density at radius 3 is 1.98 bits per heavy atom. The van der Waals surface area contributed by atoms with E-state index in [4.69, 9.17) is 28.2 Å². The van der Waals surface area contributed by atoms with Gasteiger partial charge in [0.1, 0.15) is 5.82 Å². The Balaban J connectivity index is 1.24. The predicted molar refractivity (Wildman–Crippen MR) is 176 cm³/mol. The van der Waals surface area contributed by atoms with Crippen molar-refractivity contribution in [1.29, 1.82) is 0 Å². The lowest BCUT2D eigenvalue weighted by molar-refractivity contribution is -0.385. The fraction of sp³-hybridized carbons (Fsp3) is 0.265. The van der Waals surface area contributed by atoms with Crippen LogP contribution in [0.15, 0.2) is 95.9 Å². The van der Waals surface area contributed by atoms with Crippen LogP contribution in [-0.2, 0) is 10.0 Å². The number of piperidine rings is 1. The molecule has 8 nitrogen and oxygen atoms in total. The normalized spacial score (nSPS) is 16.4. The molecule has 45 heavy (non-hydrogen) atoms. The zero-order valence-corrected chi connectivity index (χ0v) is 26.5. The van der Waals surface area contributed by atoms with Gasteiger partial charge in [0.25, 0.3) is 5.69 Å². The van der Waals surface area contributed by atoms with E-state index >= 15 is 0 Å². The third kappa shape index (κ3) is 5.86. The van der Waals surface area contributed by atoms with Crippen LogP contribution >= 0.6 is 23.2 Å². The van der Waals surface area contributed by atoms with Crippen LogP contribution in [0.25, 0.3) is 11.0 Å². The van der Waals surface area contributed by atoms with E-state index < -0.39 is 14.9 Å². The molecule has 0 N–H and O–H groups in total. The number of nitro benzene ring substituents is 1. The lowest BCUT2D eigenvalue weighted by atomic mass is 9.85. The smallest absolute Gasteiger partial charge is 0.270 e. The van der Waals surface area contributed by atoms with Crippen LogP contribution in [0.1, 0.15) is 66.1 Å². The third-order valence-corrected chi connectivity index (χ3v) is 11.3. The second-order valence-electron chi connectivity index (χ2n) is 11.8. The van der Waals surface area contributed by atoms with E-state index in [1.54, 1.807) is 0 Å². The molecule has 1 aromatic heterocycles. The number of nitrogens with zero attached hydrogens (tertiary/aromatic N) is 4. The average molecular weight is 662 g/mol. The summed E-state index contributed by atoms with van der Waals surface area (Å²) in [5, 5.41) is 12.6. The van der Waals surface area contributed by atoms with Crippen LogP contribution in [0.4, 0.5) is 5.69 Å². The fourth-order valence-corrected chi connectivity index (χ4v) is 8.22. The molecule has 0 amide bonds. The Labute approximate surface area is 271 Å². The second-order valence-corrected chi connectivity index (χ2v) is 14.6. The zero-order valence-electron chi connectivity index (χ0n) is 24.2. The molecule has 5 aromatic rings. The quantitative estimate of drug-likeness (QED) is 0.0946. The van der Waals surface area contributed by atoms with Crippen molar-refractivity contribution in [2.45, 2.75) is 48.5 Å². The highest BCUT2D eigenvalue weighted by Gasteiger charge is 2.36. The molecule has 0 bridgehead atoms. The van der Waals surface area contributed by atoms with E-state index in [1.165, 1.54) is 22.5 Å². The maximum absolute atomic E-state index is 13.5. The monoisotopic (exact) mass is 660 g/mol. The lowest BCUT2D eigenvalue weighted by Gasteiger charge is -2.33. The second kappa shape index (κ2) is 11.9. The van der Waals surface area contributed by atoms with Gasteiger partial charge in [-0.25, -0.2) is 13.4 Å². The number of sulfonamides is 1. The van der Waals surface area contributed by atoms with Gasteiger partial charge in [-0.1, -0.05) is 59.6 Å². The Bertz CT molecular complexity index is 1960. The first-order valence-electron chi connectivity index (χ1n) is 15.0. The van der Waals surface area contributed by atoms with Gasteiger partial charge in [0.15, 0.2) is 0 Å². The third-order valence-electron chi connectivity index (χ3n) is 8.88. The SMILES string of the molecule is O=[N+]([O-])c1cccc(S(=O)(=O)N2CCC(n3c(C4CC4)nc4ccc(C(c5ccc(Cl)cc5)c5ccc(Cl)cc5)cc43)CC2)c1. The minimum absolute atomic E-state index is 0.0537. The summed E-state index contributed by atoms with van der Waals surface area (Å²) < 4.78 is 30.7. The number of rotatable bonds is 8. The molecule has 0 spiro atoms. The first kappa shape index (κ1) is 29.9. The molecular weight excluding hydrogens is 631 g/mol. The summed E-state index contributed by atoms with van der Waals surface area (Å²) in [7, 11) is -3.87. The highest BCUT2D eigenvalue weighted by atomic mass is 35.5. The topological polar surface area (TPSA) is 98.3 Å². The molecule has 2 aliphatic rings. The average Bonchev–Trinajstić information content (AvgIpc) is 3.83. The van der Waals surface area contributed by atoms with Gasteiger partial charge in [-0.15, -0.1) is 0 Å². The van der Waals surface area contributed by atoms with E-state index in [1.807, 2.05) is 24.3 Å². The maximum Gasteiger partial charge on any atom is 0.270 e. The summed E-state index contributed by atoms with van der Waals surface area (Å²) in [5.74, 6) is 1.41. The molecule has 2 fully saturated rings. The van der Waals surface area contributed by atoms with Gasteiger partial charge < -0.3 is 4.57 Å². The molecule has 0 atom stereocenters. The molecule has 7 rings (SSSR count). The summed E-state index contributed by atoms with van der Waals surface area (Å²) in [6, 6.07) is 27.6. The Morgan fingerprint density at radius 1 is 0.800 bits per heavy atom. The van der Waals surface area contributed by atoms with Gasteiger partial charge in [-0.3, -0.25) is 10.1 Å². The van der Waals surface area contributed by atoms with Crippen molar-refractivity contribution in [3.63, 3.8) is 0 Å². The summed E-state index contributed by atoms with van der Waals surface area (Å²) in [5.41, 5.74) is 5.06. The van der Waals surface area contributed by atoms with E-state index in [9.17, 15) is 18.5 Å². The van der Waals surface area contributed by atoms with E-state index in [2.05, 4.69) is 47.0 Å². The van der Waals surface area contributed by atoms with Gasteiger partial charge in [-0.05, 0) is 84.8 Å². The molecule has 1 aliphatic heterocycles. The number of aromatic nitrogens is 2. The highest BCUT2D eigenvalue weighted by Crippen LogP contribution is 2.44. The van der Waals surface area contributed by atoms with Crippen LogP contribution in [0.2, 0.25) is 10.0 Å². The molecule has 230 valence electrons. The van der Waals surface area contributed by atoms with Crippen molar-refractivity contribution in [2.24, 2.45) is 0 Å². The van der Waals surface area contributed by atoms with Crippen LogP contribution < -0.4 is 0 Å². The van der Waals surface area contributed by atoms with Gasteiger partial charge >= 0.3 is 0 Å². The number of fused-ring (bicyclic) bond motifs is 1. The first-order valence-corrected chi connectivity index (χ1v) is 17.2. The summed E-state index contributed by atoms with van der Waals surface area (Å²) in [6.45, 7) is 0.634. The predicted octanol–water partition coefficient (Wildman–Crippen LogP) is 8.33. The molecule has 1 saturated heterocycles. The van der Waals surface area contributed by atoms with Crippen molar-refractivity contribution < 1.29 is 13.3 Å². The van der Waals surface area contributed by atoms with Crippen LogP contribution in [0.3, 0.4) is 0 Å². The van der Waals surface area contributed by atoms with Crippen molar-refractivity contribution >= 4 is 49.9 Å². The molecule has 0 unspecified atom stereocenters. The van der Waals surface area contributed by atoms with Crippen LogP contribution in [0, 0.1) is 10.1 Å². The molecule has 4 aromatic carbocycles. The largest absolute Gasteiger partial charge is 0.325 e. The zero-order chi connectivity index (χ0) is 31.3. The fourth-order valence-electron chi connectivity index (χ4n) is 6.46. The standard InChI is InChI=1S/C34H30Cl2N4O4S/c35-26-11-6-22(7-12-26)33(23-8-13-27(36)14-9-23)25-10-15-31-32(20-25)39(34(37-31)24-4-5-24)28-16-18-38(19-17-28)45(43,44)30-3-1-2-29(21-30)40(41)42/h1-3,6-15,20-21,24,28,33H,4-5,16-19H2. The first-order chi connectivity index (χ1) is 21.7. The van der Waals surface area contributed by atoms with E-state index in [-0.39, 0.29) is 22.5 Å². The van der Waals surface area contributed by atoms with Gasteiger partial charge in [0.2, 0.25) is 10.0 Å². The number of hydrogen-bond acceptors (Lipinski definition) is 5. The summed E-state index contributed by atoms with van der Waals surface area (Å²) in [6.07, 6.45) is 3.41. The Kier molecular flexibility index (Phi) is 7.90. The van der Waals surface area contributed by atoms with Gasteiger partial charge in [0, 0.05) is 53.1 Å². The summed E-state index contributed by atoms with van der Waals surface area (Å²) in [4.78, 5) is 15.7. The van der Waals surface area contributed by atoms with Crippen LogP contribution in [-0.4, -0.2) is 40.3 Å². The molecule has 1 saturated carbocycles. The number of non-ortho nitro benzene ring substituents is 1. The molecular formula is C34H30Cl2N4O4S. The number of imidazole rings is 1. The lowest BCUT2D eigenvalue weighted by Crippen LogP contribution is -2.39. The van der Waals surface area contributed by atoms with E-state index in [0.717, 1.165) is 52.5 Å². The molecule has 1 aliphatic carbocycles. The molecule has 11 heteroatoms. The van der Waals surface area contributed by atoms with Gasteiger partial charge in [0.05, 0.1) is 20.9 Å². The number of hydrogen-bond donors (Lipinski definition) is 0.